The van der Waals surface area contributed by atoms with Gasteiger partial charge in [-0.3, -0.25) is 0 Å². The summed E-state index contributed by atoms with van der Waals surface area (Å²) in [5.74, 6) is -0.184. The van der Waals surface area contributed by atoms with Crippen LogP contribution in [0, 0.1) is 5.82 Å². The van der Waals surface area contributed by atoms with Gasteiger partial charge in [-0.25, -0.2) is 4.39 Å². The summed E-state index contributed by atoms with van der Waals surface area (Å²) >= 11 is 3.52. The van der Waals surface area contributed by atoms with Crippen molar-refractivity contribution >= 4 is 21.6 Å². The van der Waals surface area contributed by atoms with Crippen LogP contribution >= 0.6 is 15.9 Å². The molecule has 1 saturated carbocycles. The van der Waals surface area contributed by atoms with Crippen molar-refractivity contribution in [3.8, 4) is 0 Å². The third-order valence-electron chi connectivity index (χ3n) is 4.81. The minimum atomic E-state index is -0.184. The number of piperazine rings is 1. The lowest BCUT2D eigenvalue weighted by Gasteiger charge is -2.50. The van der Waals surface area contributed by atoms with Crippen LogP contribution in [0.25, 0.3) is 0 Å². The number of rotatable bonds is 1. The number of nitrogens with zero attached hydrogens (tertiary/aromatic N) is 1. The first-order chi connectivity index (χ1) is 9.60. The van der Waals surface area contributed by atoms with E-state index in [0.717, 1.165) is 23.2 Å². The van der Waals surface area contributed by atoms with E-state index in [4.69, 9.17) is 0 Å². The van der Waals surface area contributed by atoms with Gasteiger partial charge in [0.05, 0.1) is 5.69 Å². The van der Waals surface area contributed by atoms with E-state index in [-0.39, 0.29) is 11.4 Å². The Labute approximate surface area is 128 Å². The number of hydrogen-bond acceptors (Lipinski definition) is 2. The Morgan fingerprint density at radius 1 is 1.30 bits per heavy atom. The number of halogens is 2. The number of anilines is 1. The molecule has 0 radical (unpaired) electrons. The normalized spacial score (nSPS) is 25.9. The maximum Gasteiger partial charge on any atom is 0.124 e. The second-order valence-corrected chi connectivity index (χ2v) is 7.15. The minimum Gasteiger partial charge on any atom is -0.365 e. The molecular formula is C16H22BrFN2. The third kappa shape index (κ3) is 2.73. The molecule has 1 N–H and O–H groups in total. The Hall–Kier alpha value is -0.610. The fourth-order valence-corrected chi connectivity index (χ4v) is 4.19. The van der Waals surface area contributed by atoms with Gasteiger partial charge in [0.2, 0.25) is 0 Å². The molecule has 1 aliphatic carbocycles. The van der Waals surface area contributed by atoms with Crippen molar-refractivity contribution in [2.75, 3.05) is 18.0 Å². The van der Waals surface area contributed by atoms with E-state index in [2.05, 4.69) is 33.1 Å². The van der Waals surface area contributed by atoms with Crippen molar-refractivity contribution in [3.05, 3.63) is 28.5 Å². The van der Waals surface area contributed by atoms with Crippen LogP contribution in [0.3, 0.4) is 0 Å². The molecule has 1 heterocycles. The van der Waals surface area contributed by atoms with Crippen molar-refractivity contribution in [1.82, 2.24) is 5.32 Å². The van der Waals surface area contributed by atoms with Crippen LogP contribution in [0.15, 0.2) is 22.7 Å². The molecule has 1 aromatic carbocycles. The summed E-state index contributed by atoms with van der Waals surface area (Å²) in [6.07, 6.45) is 6.52. The van der Waals surface area contributed by atoms with Crippen LogP contribution in [0.1, 0.15) is 39.0 Å². The summed E-state index contributed by atoms with van der Waals surface area (Å²) < 4.78 is 14.2. The average Bonchev–Trinajstić information content (AvgIpc) is 2.43. The van der Waals surface area contributed by atoms with E-state index in [1.165, 1.54) is 32.1 Å². The van der Waals surface area contributed by atoms with Crippen molar-refractivity contribution in [2.24, 2.45) is 0 Å². The van der Waals surface area contributed by atoms with E-state index < -0.39 is 0 Å². The van der Waals surface area contributed by atoms with Gasteiger partial charge in [0.1, 0.15) is 5.82 Å². The Balaban J connectivity index is 1.86. The van der Waals surface area contributed by atoms with Crippen molar-refractivity contribution in [3.63, 3.8) is 0 Å². The minimum absolute atomic E-state index is 0.184. The van der Waals surface area contributed by atoms with Gasteiger partial charge < -0.3 is 10.2 Å². The third-order valence-corrected chi connectivity index (χ3v) is 5.44. The van der Waals surface area contributed by atoms with Crippen LogP contribution in [0.5, 0.6) is 0 Å². The Kier molecular flexibility index (Phi) is 4.04. The van der Waals surface area contributed by atoms with Gasteiger partial charge in [0, 0.05) is 29.1 Å². The van der Waals surface area contributed by atoms with Crippen molar-refractivity contribution in [1.29, 1.82) is 0 Å². The highest BCUT2D eigenvalue weighted by Gasteiger charge is 2.39. The molecule has 110 valence electrons. The van der Waals surface area contributed by atoms with Crippen LogP contribution in [-0.4, -0.2) is 24.7 Å². The summed E-state index contributed by atoms with van der Waals surface area (Å²) in [7, 11) is 0. The largest absolute Gasteiger partial charge is 0.365 e. The monoisotopic (exact) mass is 340 g/mol. The van der Waals surface area contributed by atoms with E-state index in [9.17, 15) is 4.39 Å². The fraction of sp³-hybridized carbons (Fsp3) is 0.625. The smallest absolute Gasteiger partial charge is 0.124 e. The molecular weight excluding hydrogens is 319 g/mol. The van der Waals surface area contributed by atoms with Gasteiger partial charge in [-0.15, -0.1) is 0 Å². The van der Waals surface area contributed by atoms with Crippen molar-refractivity contribution < 1.29 is 4.39 Å². The highest BCUT2D eigenvalue weighted by atomic mass is 79.9. The summed E-state index contributed by atoms with van der Waals surface area (Å²) in [6.45, 7) is 4.26. The molecule has 1 saturated heterocycles. The van der Waals surface area contributed by atoms with Crippen LogP contribution in [0.2, 0.25) is 0 Å². The molecule has 2 aliphatic rings. The Morgan fingerprint density at radius 2 is 2.05 bits per heavy atom. The molecule has 0 aromatic heterocycles. The van der Waals surface area contributed by atoms with Gasteiger partial charge in [-0.05, 0) is 53.9 Å². The second kappa shape index (κ2) is 5.64. The van der Waals surface area contributed by atoms with Crippen LogP contribution in [0.4, 0.5) is 10.1 Å². The van der Waals surface area contributed by atoms with Crippen LogP contribution in [-0.2, 0) is 0 Å². The first kappa shape index (κ1) is 14.3. The molecule has 0 bridgehead atoms. The van der Waals surface area contributed by atoms with Crippen molar-refractivity contribution in [2.45, 2.75) is 50.6 Å². The van der Waals surface area contributed by atoms with E-state index in [1.807, 2.05) is 6.07 Å². The van der Waals surface area contributed by atoms with E-state index >= 15 is 0 Å². The lowest BCUT2D eigenvalue weighted by atomic mass is 9.79. The zero-order chi connectivity index (χ0) is 14.2. The standard InChI is InChI=1S/C16H22BrFN2/c1-12-10-19-16(7-3-2-4-8-16)11-20(12)15-6-5-13(18)9-14(15)17/h5-6,9,12,19H,2-4,7-8,10-11H2,1H3. The molecule has 1 aromatic rings. The molecule has 1 atom stereocenters. The first-order valence-electron chi connectivity index (χ1n) is 7.56. The van der Waals surface area contributed by atoms with E-state index in [0.29, 0.717) is 6.04 Å². The molecule has 20 heavy (non-hydrogen) atoms. The fourth-order valence-electron chi connectivity index (χ4n) is 3.61. The SMILES string of the molecule is CC1CNC2(CCCCC2)CN1c1ccc(F)cc1Br. The highest BCUT2D eigenvalue weighted by molar-refractivity contribution is 9.10. The first-order valence-corrected chi connectivity index (χ1v) is 8.36. The number of benzene rings is 1. The zero-order valence-electron chi connectivity index (χ0n) is 12.0. The van der Waals surface area contributed by atoms with Gasteiger partial charge in [0.25, 0.3) is 0 Å². The van der Waals surface area contributed by atoms with E-state index in [1.54, 1.807) is 12.1 Å². The maximum absolute atomic E-state index is 13.3. The molecule has 4 heteroatoms. The molecule has 3 rings (SSSR count). The molecule has 1 unspecified atom stereocenters. The quantitative estimate of drug-likeness (QED) is 0.828. The molecule has 2 fully saturated rings. The highest BCUT2D eigenvalue weighted by Crippen LogP contribution is 2.36. The molecule has 2 nitrogen and oxygen atoms in total. The predicted molar refractivity (Wildman–Crippen MR) is 84.7 cm³/mol. The van der Waals surface area contributed by atoms with Gasteiger partial charge >= 0.3 is 0 Å². The predicted octanol–water partition coefficient (Wildman–Crippen LogP) is 4.09. The van der Waals surface area contributed by atoms with Gasteiger partial charge in [-0.1, -0.05) is 19.3 Å². The summed E-state index contributed by atoms with van der Waals surface area (Å²) in [6, 6.07) is 5.46. The molecule has 0 amide bonds. The molecule has 1 aliphatic heterocycles. The number of hydrogen-bond donors (Lipinski definition) is 1. The Morgan fingerprint density at radius 3 is 2.75 bits per heavy atom. The summed E-state index contributed by atoms with van der Waals surface area (Å²) in [4.78, 5) is 2.44. The average molecular weight is 341 g/mol. The lowest BCUT2D eigenvalue weighted by Crippen LogP contribution is -2.64. The lowest BCUT2D eigenvalue weighted by molar-refractivity contribution is 0.200. The number of nitrogens with one attached hydrogen (secondary N) is 1. The zero-order valence-corrected chi connectivity index (χ0v) is 13.5. The summed E-state index contributed by atoms with van der Waals surface area (Å²) in [5.41, 5.74) is 1.38. The molecule has 1 spiro atoms. The van der Waals surface area contributed by atoms with Gasteiger partial charge in [-0.2, -0.15) is 0 Å². The summed E-state index contributed by atoms with van der Waals surface area (Å²) in [5, 5.41) is 3.78. The maximum atomic E-state index is 13.3. The van der Waals surface area contributed by atoms with Gasteiger partial charge in [0.15, 0.2) is 0 Å². The Bertz CT molecular complexity index is 485. The van der Waals surface area contributed by atoms with Crippen LogP contribution < -0.4 is 10.2 Å². The second-order valence-electron chi connectivity index (χ2n) is 6.29. The topological polar surface area (TPSA) is 15.3 Å².